The van der Waals surface area contributed by atoms with Crippen molar-refractivity contribution < 1.29 is 4.79 Å². The van der Waals surface area contributed by atoms with Crippen LogP contribution in [0.4, 0.5) is 5.69 Å². The van der Waals surface area contributed by atoms with Crippen molar-refractivity contribution in [2.24, 2.45) is 0 Å². The third-order valence-corrected chi connectivity index (χ3v) is 4.99. The van der Waals surface area contributed by atoms with Crippen LogP contribution in [-0.4, -0.2) is 27.9 Å². The van der Waals surface area contributed by atoms with Gasteiger partial charge in [-0.05, 0) is 48.7 Å². The van der Waals surface area contributed by atoms with E-state index >= 15 is 0 Å². The molecule has 1 amide bonds. The molecular formula is C16H14ClN3OS2. The van der Waals surface area contributed by atoms with E-state index in [1.807, 2.05) is 42.7 Å². The van der Waals surface area contributed by atoms with Crippen molar-refractivity contribution in [1.82, 2.24) is 9.97 Å². The number of H-pyrrole nitrogens is 1. The fourth-order valence-corrected chi connectivity index (χ4v) is 3.30. The number of hydrogen-bond donors (Lipinski definition) is 2. The highest BCUT2D eigenvalue weighted by atomic mass is 35.5. The van der Waals surface area contributed by atoms with Gasteiger partial charge in [0.2, 0.25) is 5.91 Å². The molecule has 0 spiro atoms. The third-order valence-electron chi connectivity index (χ3n) is 3.14. The van der Waals surface area contributed by atoms with E-state index in [9.17, 15) is 4.79 Å². The molecule has 2 aromatic carbocycles. The second kappa shape index (κ2) is 7.29. The summed E-state index contributed by atoms with van der Waals surface area (Å²) in [6.07, 6.45) is 2.02. The summed E-state index contributed by atoms with van der Waals surface area (Å²) >= 11 is 8.98. The molecule has 0 aliphatic rings. The van der Waals surface area contributed by atoms with Crippen molar-refractivity contribution in [3.8, 4) is 0 Å². The molecule has 1 heterocycles. The van der Waals surface area contributed by atoms with Gasteiger partial charge in [-0.2, -0.15) is 0 Å². The average molecular weight is 364 g/mol. The van der Waals surface area contributed by atoms with Crippen LogP contribution in [0.3, 0.4) is 0 Å². The normalized spacial score (nSPS) is 10.9. The molecule has 1 aromatic heterocycles. The monoisotopic (exact) mass is 363 g/mol. The molecule has 0 bridgehead atoms. The quantitative estimate of drug-likeness (QED) is 0.647. The molecule has 0 aliphatic heterocycles. The summed E-state index contributed by atoms with van der Waals surface area (Å²) in [4.78, 5) is 20.8. The van der Waals surface area contributed by atoms with Gasteiger partial charge in [-0.25, -0.2) is 4.98 Å². The number of imidazole rings is 1. The Kier molecular flexibility index (Phi) is 5.15. The van der Waals surface area contributed by atoms with E-state index in [2.05, 4.69) is 15.3 Å². The van der Waals surface area contributed by atoms with Crippen LogP contribution in [0, 0.1) is 0 Å². The fourth-order valence-electron chi connectivity index (χ4n) is 2.03. The molecule has 3 rings (SSSR count). The number of aromatic nitrogens is 2. The summed E-state index contributed by atoms with van der Waals surface area (Å²) in [5, 5.41) is 4.23. The second-order valence-electron chi connectivity index (χ2n) is 4.77. The number of aromatic amines is 1. The molecule has 0 saturated heterocycles. The van der Waals surface area contributed by atoms with Gasteiger partial charge in [0.05, 0.1) is 16.8 Å². The van der Waals surface area contributed by atoms with Gasteiger partial charge in [-0.3, -0.25) is 4.79 Å². The number of carbonyl (C=O) groups is 1. The van der Waals surface area contributed by atoms with Gasteiger partial charge in [0.25, 0.3) is 0 Å². The minimum Gasteiger partial charge on any atom is -0.333 e. The number of benzene rings is 2. The Balaban J connectivity index is 1.58. The van der Waals surface area contributed by atoms with Crippen LogP contribution in [-0.2, 0) is 4.79 Å². The first-order valence-corrected chi connectivity index (χ1v) is 9.45. The first kappa shape index (κ1) is 16.2. The number of nitrogens with zero attached hydrogens (tertiary/aromatic N) is 1. The Bertz CT molecular complexity index is 833. The summed E-state index contributed by atoms with van der Waals surface area (Å²) in [5.74, 6) is 0.225. The van der Waals surface area contributed by atoms with E-state index < -0.39 is 0 Å². The van der Waals surface area contributed by atoms with Gasteiger partial charge < -0.3 is 10.3 Å². The molecule has 7 heteroatoms. The molecule has 0 fully saturated rings. The Morgan fingerprint density at radius 1 is 1.26 bits per heavy atom. The molecule has 0 unspecified atom stereocenters. The van der Waals surface area contributed by atoms with E-state index in [4.69, 9.17) is 11.6 Å². The number of rotatable bonds is 5. The van der Waals surface area contributed by atoms with Crippen molar-refractivity contribution in [1.29, 1.82) is 0 Å². The number of carbonyl (C=O) groups excluding carboxylic acids is 1. The topological polar surface area (TPSA) is 57.8 Å². The van der Waals surface area contributed by atoms with Crippen LogP contribution < -0.4 is 5.32 Å². The van der Waals surface area contributed by atoms with Crippen LogP contribution in [0.2, 0.25) is 5.02 Å². The van der Waals surface area contributed by atoms with Gasteiger partial charge >= 0.3 is 0 Å². The summed E-state index contributed by atoms with van der Waals surface area (Å²) in [6, 6.07) is 13.2. The maximum Gasteiger partial charge on any atom is 0.234 e. The highest BCUT2D eigenvalue weighted by Gasteiger charge is 2.08. The van der Waals surface area contributed by atoms with Gasteiger partial charge in [0, 0.05) is 15.6 Å². The second-order valence-corrected chi connectivity index (χ2v) is 7.05. The molecule has 0 radical (unpaired) electrons. The third kappa shape index (κ3) is 4.22. The standard InChI is InChI=1S/C16H14ClN3OS2/c1-22-12-5-3-11(4-6-12)18-15(21)9-23-16-19-13-7-2-10(17)8-14(13)20-16/h2-8H,9H2,1H3,(H,18,21)(H,19,20). The number of amides is 1. The summed E-state index contributed by atoms with van der Waals surface area (Å²) in [7, 11) is 0. The maximum absolute atomic E-state index is 12.0. The van der Waals surface area contributed by atoms with E-state index in [-0.39, 0.29) is 11.7 Å². The summed E-state index contributed by atoms with van der Waals surface area (Å²) in [6.45, 7) is 0. The predicted octanol–water partition coefficient (Wildman–Crippen LogP) is 4.67. The van der Waals surface area contributed by atoms with Gasteiger partial charge in [0.15, 0.2) is 5.16 Å². The minimum absolute atomic E-state index is 0.0645. The Morgan fingerprint density at radius 2 is 2.04 bits per heavy atom. The maximum atomic E-state index is 12.0. The lowest BCUT2D eigenvalue weighted by atomic mass is 10.3. The number of halogens is 1. The highest BCUT2D eigenvalue weighted by molar-refractivity contribution is 7.99. The zero-order valence-electron chi connectivity index (χ0n) is 12.3. The average Bonchev–Trinajstić information content (AvgIpc) is 2.95. The van der Waals surface area contributed by atoms with E-state index in [0.29, 0.717) is 10.2 Å². The molecule has 118 valence electrons. The highest BCUT2D eigenvalue weighted by Crippen LogP contribution is 2.22. The largest absolute Gasteiger partial charge is 0.333 e. The van der Waals surface area contributed by atoms with Crippen molar-refractivity contribution in [2.45, 2.75) is 10.1 Å². The summed E-state index contributed by atoms with van der Waals surface area (Å²) in [5.41, 5.74) is 2.50. The van der Waals surface area contributed by atoms with Crippen LogP contribution >= 0.6 is 35.1 Å². The molecule has 0 atom stereocenters. The number of thioether (sulfide) groups is 2. The van der Waals surface area contributed by atoms with Crippen molar-refractivity contribution >= 4 is 57.8 Å². The van der Waals surface area contributed by atoms with Crippen LogP contribution in [0.15, 0.2) is 52.5 Å². The lowest BCUT2D eigenvalue weighted by Crippen LogP contribution is -2.13. The fraction of sp³-hybridized carbons (Fsp3) is 0.125. The molecule has 4 nitrogen and oxygen atoms in total. The molecule has 2 N–H and O–H groups in total. The lowest BCUT2D eigenvalue weighted by molar-refractivity contribution is -0.113. The SMILES string of the molecule is CSc1ccc(NC(=O)CSc2nc3ccc(Cl)cc3[nH]2)cc1. The molecule has 0 aliphatic carbocycles. The minimum atomic E-state index is -0.0645. The van der Waals surface area contributed by atoms with Gasteiger partial charge in [0.1, 0.15) is 0 Å². The molecule has 23 heavy (non-hydrogen) atoms. The predicted molar refractivity (Wildman–Crippen MR) is 98.7 cm³/mol. The first-order chi connectivity index (χ1) is 11.1. The van der Waals surface area contributed by atoms with Gasteiger partial charge in [-0.15, -0.1) is 11.8 Å². The van der Waals surface area contributed by atoms with Crippen molar-refractivity contribution in [3.05, 3.63) is 47.5 Å². The number of nitrogens with one attached hydrogen (secondary N) is 2. The van der Waals surface area contributed by atoms with Gasteiger partial charge in [-0.1, -0.05) is 23.4 Å². The van der Waals surface area contributed by atoms with Crippen molar-refractivity contribution in [2.75, 3.05) is 17.3 Å². The summed E-state index contributed by atoms with van der Waals surface area (Å²) < 4.78 is 0. The molecule has 3 aromatic rings. The van der Waals surface area contributed by atoms with E-state index in [0.717, 1.165) is 16.7 Å². The lowest BCUT2D eigenvalue weighted by Gasteiger charge is -2.05. The Labute approximate surface area is 147 Å². The number of fused-ring (bicyclic) bond motifs is 1. The molecular weight excluding hydrogens is 350 g/mol. The van der Waals surface area contributed by atoms with Crippen LogP contribution in [0.5, 0.6) is 0 Å². The van der Waals surface area contributed by atoms with Crippen molar-refractivity contribution in [3.63, 3.8) is 0 Å². The molecule has 0 saturated carbocycles. The van der Waals surface area contributed by atoms with Crippen LogP contribution in [0.1, 0.15) is 0 Å². The zero-order valence-corrected chi connectivity index (χ0v) is 14.7. The van der Waals surface area contributed by atoms with E-state index in [1.54, 1.807) is 17.8 Å². The smallest absolute Gasteiger partial charge is 0.234 e. The first-order valence-electron chi connectivity index (χ1n) is 6.86. The Morgan fingerprint density at radius 3 is 2.78 bits per heavy atom. The zero-order chi connectivity index (χ0) is 16.2. The van der Waals surface area contributed by atoms with Crippen LogP contribution in [0.25, 0.3) is 11.0 Å². The number of hydrogen-bond acceptors (Lipinski definition) is 4. The number of anilines is 1. The van der Waals surface area contributed by atoms with E-state index in [1.165, 1.54) is 16.7 Å². The Hall–Kier alpha value is -1.63.